The number of hydrogen-bond donors (Lipinski definition) is 7. The Hall–Kier alpha value is -2.52. The summed E-state index contributed by atoms with van der Waals surface area (Å²) >= 11 is 0. The lowest BCUT2D eigenvalue weighted by Crippen LogP contribution is -2.66. The first-order valence-electron chi connectivity index (χ1n) is 17.1. The summed E-state index contributed by atoms with van der Waals surface area (Å²) in [5.41, 5.74) is 14.0. The van der Waals surface area contributed by atoms with Crippen LogP contribution in [0.2, 0.25) is 0 Å². The summed E-state index contributed by atoms with van der Waals surface area (Å²) in [4.78, 5) is 3.81. The van der Waals surface area contributed by atoms with E-state index < -0.39 is 42.6 Å². The van der Waals surface area contributed by atoms with Gasteiger partial charge in [-0.25, -0.2) is 0 Å². The Kier molecular flexibility index (Phi) is 14.5. The second-order valence-electron chi connectivity index (χ2n) is 12.9. The fraction of sp³-hybridized carbons (Fsp3) is 0.657. The zero-order valence-corrected chi connectivity index (χ0v) is 27.9. The molecule has 264 valence electrons. The molecule has 2 aromatic rings. The van der Waals surface area contributed by atoms with Crippen LogP contribution in [0.1, 0.15) is 57.1 Å². The highest BCUT2D eigenvalue weighted by Crippen LogP contribution is 2.34. The molecular weight excluding hydrogens is 604 g/mol. The van der Waals surface area contributed by atoms with E-state index in [-0.39, 0.29) is 32.3 Å². The van der Waals surface area contributed by atoms with E-state index in [1.54, 1.807) is 12.1 Å². The minimum atomic E-state index is -1.20. The van der Waals surface area contributed by atoms with E-state index in [4.69, 9.17) is 25.7 Å². The molecule has 2 saturated heterocycles. The molecule has 12 heteroatoms. The maximum absolute atomic E-state index is 11.5. The molecule has 0 radical (unpaired) electrons. The highest BCUT2D eigenvalue weighted by Gasteiger charge is 2.44. The molecule has 0 saturated carbocycles. The monoisotopic (exact) mass is 660 g/mol. The van der Waals surface area contributed by atoms with Gasteiger partial charge in [0, 0.05) is 44.8 Å². The second-order valence-corrected chi connectivity index (χ2v) is 12.9. The number of unbranched alkanes of at least 4 members (excludes halogenated alkanes) is 3. The van der Waals surface area contributed by atoms with Crippen LogP contribution in [-0.4, -0.2) is 123 Å². The number of rotatable bonds is 17. The third kappa shape index (κ3) is 9.78. The minimum Gasteiger partial charge on any atom is -0.494 e. The van der Waals surface area contributed by atoms with Crippen LogP contribution < -0.4 is 25.7 Å². The number of ether oxygens (including phenoxy) is 3. The lowest BCUT2D eigenvalue weighted by Gasteiger charge is -2.45. The van der Waals surface area contributed by atoms with Crippen LogP contribution in [0, 0.1) is 0 Å². The summed E-state index contributed by atoms with van der Waals surface area (Å²) in [6.45, 7) is 6.43. The van der Waals surface area contributed by atoms with E-state index in [0.717, 1.165) is 49.0 Å². The van der Waals surface area contributed by atoms with Crippen LogP contribution in [0.5, 0.6) is 17.2 Å². The molecule has 2 fully saturated rings. The summed E-state index contributed by atoms with van der Waals surface area (Å²) in [6.07, 6.45) is -0.377. The lowest BCUT2D eigenvalue weighted by atomic mass is 9.91. The van der Waals surface area contributed by atoms with Crippen molar-refractivity contribution in [2.24, 2.45) is 11.5 Å². The molecule has 0 unspecified atom stereocenters. The van der Waals surface area contributed by atoms with Crippen molar-refractivity contribution in [3.05, 3.63) is 53.6 Å². The molecule has 0 spiro atoms. The van der Waals surface area contributed by atoms with Crippen molar-refractivity contribution < 1.29 is 39.7 Å². The molecule has 2 aliphatic rings. The normalized spacial score (nSPS) is 28.7. The first kappa shape index (κ1) is 37.3. The van der Waals surface area contributed by atoms with Gasteiger partial charge in [-0.15, -0.1) is 0 Å². The fourth-order valence-corrected chi connectivity index (χ4v) is 6.43. The van der Waals surface area contributed by atoms with Gasteiger partial charge in [-0.05, 0) is 48.2 Å². The number of piperidine rings is 2. The lowest BCUT2D eigenvalue weighted by molar-refractivity contribution is -0.137. The summed E-state index contributed by atoms with van der Waals surface area (Å²) in [6, 6.07) is 11.5. The highest BCUT2D eigenvalue weighted by molar-refractivity contribution is 5.43. The molecule has 2 aliphatic heterocycles. The smallest absolute Gasteiger partial charge is 0.162 e. The first-order chi connectivity index (χ1) is 22.7. The molecule has 9 N–H and O–H groups in total. The van der Waals surface area contributed by atoms with Gasteiger partial charge in [0.15, 0.2) is 17.6 Å². The van der Waals surface area contributed by atoms with Gasteiger partial charge in [0.2, 0.25) is 0 Å². The first-order valence-corrected chi connectivity index (χ1v) is 17.1. The Balaban J connectivity index is 1.50. The number of nitrogens with two attached hydrogens (primary N) is 2. The Morgan fingerprint density at radius 1 is 0.745 bits per heavy atom. The average molecular weight is 661 g/mol. The maximum atomic E-state index is 11.5. The SMILES string of the molecule is CCCCCOc1ccc(CN2C[C@H](O)[C@@H](O)[C@H](N)[C@H]2CN)cc1O[C@H]1[C@H](O)[C@@H](CO)N(Cc2ccc(OCCCC)cc2)C[C@@H]1O. The molecule has 0 amide bonds. The third-order valence-electron chi connectivity index (χ3n) is 9.29. The number of β-amino-alcohol motifs (C(OH)–C–C–N with tert-alkyl or cyclic N) is 2. The molecule has 0 aliphatic carbocycles. The van der Waals surface area contributed by atoms with Crippen molar-refractivity contribution in [1.82, 2.24) is 9.80 Å². The Labute approximate surface area is 278 Å². The Bertz CT molecular complexity index is 1210. The molecule has 2 aromatic carbocycles. The third-order valence-corrected chi connectivity index (χ3v) is 9.29. The van der Waals surface area contributed by atoms with E-state index in [1.807, 2.05) is 40.1 Å². The van der Waals surface area contributed by atoms with Crippen LogP contribution in [-0.2, 0) is 13.1 Å². The van der Waals surface area contributed by atoms with Gasteiger partial charge < -0.3 is 51.2 Å². The predicted molar refractivity (Wildman–Crippen MR) is 179 cm³/mol. The Morgan fingerprint density at radius 3 is 2.06 bits per heavy atom. The van der Waals surface area contributed by atoms with E-state index in [9.17, 15) is 25.5 Å². The largest absolute Gasteiger partial charge is 0.494 e. The van der Waals surface area contributed by atoms with E-state index >= 15 is 0 Å². The van der Waals surface area contributed by atoms with Gasteiger partial charge in [0.05, 0.1) is 38.1 Å². The van der Waals surface area contributed by atoms with E-state index in [1.165, 1.54) is 0 Å². The number of benzene rings is 2. The van der Waals surface area contributed by atoms with Crippen LogP contribution in [0.15, 0.2) is 42.5 Å². The van der Waals surface area contributed by atoms with Crippen LogP contribution in [0.4, 0.5) is 0 Å². The van der Waals surface area contributed by atoms with E-state index in [2.05, 4.69) is 13.8 Å². The molecule has 0 bridgehead atoms. The molecular formula is C35H56N4O8. The van der Waals surface area contributed by atoms with Gasteiger partial charge in [-0.1, -0.05) is 51.3 Å². The Morgan fingerprint density at radius 2 is 1.38 bits per heavy atom. The topological polar surface area (TPSA) is 187 Å². The summed E-state index contributed by atoms with van der Waals surface area (Å²) in [7, 11) is 0. The van der Waals surface area contributed by atoms with Gasteiger partial charge in [-0.3, -0.25) is 9.80 Å². The zero-order chi connectivity index (χ0) is 33.9. The van der Waals surface area contributed by atoms with Crippen molar-refractivity contribution in [3.63, 3.8) is 0 Å². The number of nitrogens with zero attached hydrogens (tertiary/aromatic N) is 2. The zero-order valence-electron chi connectivity index (χ0n) is 27.9. The quantitative estimate of drug-likeness (QED) is 0.119. The minimum absolute atomic E-state index is 0.179. The van der Waals surface area contributed by atoms with Crippen LogP contribution in [0.3, 0.4) is 0 Å². The molecule has 47 heavy (non-hydrogen) atoms. The van der Waals surface area contributed by atoms with Crippen molar-refractivity contribution in [2.45, 2.75) is 108 Å². The van der Waals surface area contributed by atoms with Gasteiger partial charge in [0.1, 0.15) is 18.0 Å². The van der Waals surface area contributed by atoms with Gasteiger partial charge in [0.25, 0.3) is 0 Å². The molecule has 8 atom stereocenters. The number of aliphatic hydroxyl groups excluding tert-OH is 5. The van der Waals surface area contributed by atoms with Gasteiger partial charge >= 0.3 is 0 Å². The van der Waals surface area contributed by atoms with Gasteiger partial charge in [-0.2, -0.15) is 0 Å². The predicted octanol–water partition coefficient (Wildman–Crippen LogP) is 0.972. The fourth-order valence-electron chi connectivity index (χ4n) is 6.43. The second kappa shape index (κ2) is 18.3. The summed E-state index contributed by atoms with van der Waals surface area (Å²) in [5, 5.41) is 53.8. The van der Waals surface area contributed by atoms with Crippen LogP contribution in [0.25, 0.3) is 0 Å². The van der Waals surface area contributed by atoms with Crippen molar-refractivity contribution in [2.75, 3.05) is 39.5 Å². The van der Waals surface area contributed by atoms with E-state index in [0.29, 0.717) is 37.8 Å². The van der Waals surface area contributed by atoms with Crippen LogP contribution >= 0.6 is 0 Å². The highest BCUT2D eigenvalue weighted by atomic mass is 16.5. The summed E-state index contributed by atoms with van der Waals surface area (Å²) < 4.78 is 18.2. The maximum Gasteiger partial charge on any atom is 0.162 e. The summed E-state index contributed by atoms with van der Waals surface area (Å²) in [5.74, 6) is 1.63. The molecule has 0 aromatic heterocycles. The molecule has 12 nitrogen and oxygen atoms in total. The number of aliphatic hydroxyl groups is 5. The van der Waals surface area contributed by atoms with Crippen molar-refractivity contribution in [1.29, 1.82) is 0 Å². The van der Waals surface area contributed by atoms with Crippen molar-refractivity contribution >= 4 is 0 Å². The van der Waals surface area contributed by atoms with Crippen molar-refractivity contribution in [3.8, 4) is 17.2 Å². The molecule has 4 rings (SSSR count). The number of likely N-dealkylation sites (tertiary alicyclic amines) is 2. The average Bonchev–Trinajstić information content (AvgIpc) is 3.06. The number of hydrogen-bond acceptors (Lipinski definition) is 12. The molecule has 2 heterocycles. The standard InChI is InChI=1S/C35H56N4O8/c1-3-5-7-15-46-30-13-10-24(19-38-20-28(41)34(44)32(37)26(38)17-36)16-31(30)47-35-29(42)21-39(27(22-40)33(35)43)18-23-8-11-25(12-9-23)45-14-6-4-2/h8-13,16,26-29,32-35,40-44H,3-7,14-15,17-22,36-37H2,1-2H3/t26-,27-,28+,29+,32-,33-,34-,35-/m1/s1.